The molecule has 0 aliphatic carbocycles. The van der Waals surface area contributed by atoms with Gasteiger partial charge in [0.1, 0.15) is 0 Å². The molecule has 8 heterocycles. The highest BCUT2D eigenvalue weighted by molar-refractivity contribution is 6.22. The average molecular weight is 757 g/mol. The Labute approximate surface area is 336 Å². The number of amidine groups is 4. The van der Waals surface area contributed by atoms with Gasteiger partial charge in [0.15, 0.2) is 0 Å². The minimum atomic E-state index is -0.983. The van der Waals surface area contributed by atoms with Crippen LogP contribution in [0.4, 0.5) is 11.6 Å². The van der Waals surface area contributed by atoms with E-state index in [4.69, 9.17) is 20.0 Å². The third kappa shape index (κ3) is 4.23. The largest absolute Gasteiger partial charge is 0.404 e. The molecular formula is C49H56N8+2. The van der Waals surface area contributed by atoms with Crippen LogP contribution in [-0.4, -0.2) is 41.6 Å². The molecule has 0 saturated heterocycles. The monoisotopic (exact) mass is 756 g/mol. The number of nitrogens with zero attached hydrogens (tertiary/aromatic N) is 8. The first-order chi connectivity index (χ1) is 27.6. The fourth-order valence-corrected chi connectivity index (χ4v) is 9.83. The van der Waals surface area contributed by atoms with E-state index in [1.165, 1.54) is 44.5 Å². The summed E-state index contributed by atoms with van der Waals surface area (Å²) in [5.41, 5.74) is 16.0. The van der Waals surface area contributed by atoms with Crippen molar-refractivity contribution >= 4 is 56.5 Å². The molecule has 6 aromatic rings. The first-order valence-electron chi connectivity index (χ1n) is 21.1. The molecule has 0 unspecified atom stereocenters. The van der Waals surface area contributed by atoms with Gasteiger partial charge in [0.25, 0.3) is 23.3 Å². The molecule has 0 amide bonds. The third-order valence-electron chi connectivity index (χ3n) is 12.0. The van der Waals surface area contributed by atoms with Crippen molar-refractivity contribution < 1.29 is 9.15 Å². The lowest BCUT2D eigenvalue weighted by Gasteiger charge is -2.40. The van der Waals surface area contributed by atoms with E-state index in [9.17, 15) is 0 Å². The van der Waals surface area contributed by atoms with Crippen molar-refractivity contribution in [3.63, 3.8) is 0 Å². The molecule has 12 rings (SSSR count). The van der Waals surface area contributed by atoms with Crippen LogP contribution in [0.15, 0.2) is 68.5 Å². The molecule has 0 N–H and O–H groups in total. The van der Waals surface area contributed by atoms with Crippen LogP contribution in [0.1, 0.15) is 122 Å². The third-order valence-corrected chi connectivity index (χ3v) is 12.0. The molecule has 0 radical (unpaired) electrons. The fraction of sp³-hybridized carbons (Fsp3) is 0.347. The first-order valence-corrected chi connectivity index (χ1v) is 21.1. The zero-order valence-electron chi connectivity index (χ0n) is 36.7. The molecule has 8 heteroatoms. The van der Waals surface area contributed by atoms with Gasteiger partial charge in [-0.2, -0.15) is 9.13 Å². The van der Waals surface area contributed by atoms with Crippen LogP contribution >= 0.6 is 0 Å². The van der Waals surface area contributed by atoms with Crippen LogP contribution < -0.4 is 11.0 Å². The zero-order chi connectivity index (χ0) is 41.2. The molecule has 57 heavy (non-hydrogen) atoms. The Bertz CT molecular complexity index is 2870. The summed E-state index contributed by atoms with van der Waals surface area (Å²) in [6, 6.07) is 17.8. The molecule has 6 aliphatic rings. The van der Waals surface area contributed by atoms with Crippen LogP contribution in [0.2, 0.25) is 0 Å². The summed E-state index contributed by atoms with van der Waals surface area (Å²) < 4.78 is 9.71. The van der Waals surface area contributed by atoms with Gasteiger partial charge in [0, 0.05) is 0 Å². The highest BCUT2D eigenvalue weighted by Crippen LogP contribution is 2.54. The van der Waals surface area contributed by atoms with Gasteiger partial charge in [-0.05, 0) is 99.9 Å². The summed E-state index contributed by atoms with van der Waals surface area (Å²) in [4.78, 5) is 22.8. The minimum Gasteiger partial charge on any atom is -0.192 e. The van der Waals surface area contributed by atoms with Gasteiger partial charge < -0.3 is 0 Å². The number of benzene rings is 4. The summed E-state index contributed by atoms with van der Waals surface area (Å²) in [5.74, 6) is 4.62. The molecule has 290 valence electrons. The Morgan fingerprint density at radius 2 is 0.667 bits per heavy atom. The summed E-state index contributed by atoms with van der Waals surface area (Å²) >= 11 is 0. The zero-order valence-corrected chi connectivity index (χ0v) is 36.7. The van der Waals surface area contributed by atoms with Gasteiger partial charge >= 0.3 is 5.91 Å². The van der Waals surface area contributed by atoms with Crippen LogP contribution in [0, 0.1) is 55.4 Å². The molecule has 0 atom stereocenters. The Morgan fingerprint density at radius 3 is 1.02 bits per heavy atom. The molecule has 1 spiro atoms. The van der Waals surface area contributed by atoms with Gasteiger partial charge in [-0.1, -0.05) is 124 Å². The molecule has 6 aliphatic heterocycles. The Morgan fingerprint density at radius 1 is 0.368 bits per heavy atom. The number of rotatable bonds is 0. The second kappa shape index (κ2) is 13.2. The minimum absolute atomic E-state index is 0.934. The SMILES string of the molecule is CC.CC.CC.CC.Cc1ccc(C)c2c1C1=Nc3c4c(C)ccc(C)c4c4n3C35n6c(c7c(C)ccc(C)c7c6=NC6=[N+]3C(=N4)c3c(C)ccc(C)c36)=NC2=[N+]15. The van der Waals surface area contributed by atoms with Crippen LogP contribution in [-0.2, 0) is 5.91 Å². The molecule has 2 aromatic heterocycles. The van der Waals surface area contributed by atoms with Crippen molar-refractivity contribution in [3.05, 3.63) is 126 Å². The molecule has 4 aromatic carbocycles. The van der Waals surface area contributed by atoms with Crippen LogP contribution in [0.3, 0.4) is 0 Å². The second-order valence-electron chi connectivity index (χ2n) is 14.8. The van der Waals surface area contributed by atoms with E-state index in [2.05, 4.69) is 122 Å². The average Bonchev–Trinajstić information content (AvgIpc) is 3.97. The van der Waals surface area contributed by atoms with Gasteiger partial charge in [-0.25, -0.2) is 0 Å². The predicted molar refractivity (Wildman–Crippen MR) is 237 cm³/mol. The Hall–Kier alpha value is -5.76. The number of fused-ring (bicyclic) bond motifs is 12. The summed E-state index contributed by atoms with van der Waals surface area (Å²) in [5, 5.41) is 4.62. The van der Waals surface area contributed by atoms with Crippen molar-refractivity contribution in [3.8, 4) is 0 Å². The maximum atomic E-state index is 5.69. The van der Waals surface area contributed by atoms with Crippen molar-refractivity contribution in [2.24, 2.45) is 20.0 Å². The fourth-order valence-electron chi connectivity index (χ4n) is 9.83. The van der Waals surface area contributed by atoms with E-state index in [-0.39, 0.29) is 0 Å². The summed E-state index contributed by atoms with van der Waals surface area (Å²) in [6.07, 6.45) is 0. The summed E-state index contributed by atoms with van der Waals surface area (Å²) in [7, 11) is 0. The maximum absolute atomic E-state index is 5.69. The Kier molecular flexibility index (Phi) is 8.80. The smallest absolute Gasteiger partial charge is 0.192 e. The van der Waals surface area contributed by atoms with Crippen molar-refractivity contribution in [2.45, 2.75) is 117 Å². The molecular weight excluding hydrogens is 701 g/mol. The van der Waals surface area contributed by atoms with Gasteiger partial charge in [0.05, 0.1) is 43.8 Å². The summed E-state index contributed by atoms with van der Waals surface area (Å²) in [6.45, 7) is 33.7. The second-order valence-corrected chi connectivity index (χ2v) is 14.8. The van der Waals surface area contributed by atoms with Crippen LogP contribution in [0.25, 0.3) is 21.5 Å². The predicted octanol–water partition coefficient (Wildman–Crippen LogP) is 10.3. The lowest BCUT2D eigenvalue weighted by molar-refractivity contribution is -0.790. The Balaban J connectivity index is 0.000000539. The van der Waals surface area contributed by atoms with E-state index in [0.717, 1.165) is 89.8 Å². The van der Waals surface area contributed by atoms with E-state index >= 15 is 0 Å². The quantitative estimate of drug-likeness (QED) is 0.139. The highest BCUT2D eigenvalue weighted by atomic mass is 15.7. The van der Waals surface area contributed by atoms with Gasteiger partial charge in [0.2, 0.25) is 22.6 Å². The van der Waals surface area contributed by atoms with Crippen molar-refractivity contribution in [2.75, 3.05) is 0 Å². The first kappa shape index (κ1) is 38.1. The molecule has 8 nitrogen and oxygen atoms in total. The van der Waals surface area contributed by atoms with E-state index in [1.807, 2.05) is 55.4 Å². The van der Waals surface area contributed by atoms with Crippen molar-refractivity contribution in [1.29, 1.82) is 0 Å². The topological polar surface area (TPSA) is 65.3 Å². The molecule has 0 fully saturated rings. The number of aryl methyl sites for hydroxylation is 8. The maximum Gasteiger partial charge on any atom is 0.404 e. The van der Waals surface area contributed by atoms with Gasteiger partial charge in [-0.3, -0.25) is 0 Å². The number of aliphatic imine (C=N–C) groups is 2. The molecule has 0 saturated carbocycles. The van der Waals surface area contributed by atoms with E-state index in [1.54, 1.807) is 0 Å². The van der Waals surface area contributed by atoms with Crippen LogP contribution in [0.5, 0.6) is 0 Å². The lowest BCUT2D eigenvalue weighted by atomic mass is 9.97. The standard InChI is InChI=1S/C41H32N8.4C2H6/c1-17-9-10-18(2)26-25(17)33-42-35-27-19(3)11-12-20(4)28(27)37-44-39-31-23(7)15-16-24(8)32(31)40-45-38-30-22(6)14-13-21(5)29(30)36-43-34(26)46(33)41(47(35)37,48(36)38)49(39)40;4*1-2/h9-16H,1-8H3;4*1-2H3/q+2;;;;. The van der Waals surface area contributed by atoms with Crippen molar-refractivity contribution in [1.82, 2.24) is 9.13 Å². The van der Waals surface area contributed by atoms with E-state index < -0.39 is 5.91 Å². The lowest BCUT2D eigenvalue weighted by Crippen LogP contribution is -2.71. The number of hydrogen-bond donors (Lipinski definition) is 0. The van der Waals surface area contributed by atoms with Gasteiger partial charge in [-0.15, -0.1) is 9.15 Å². The molecule has 0 bridgehead atoms. The number of aromatic nitrogens is 2. The normalized spacial score (nSPS) is 15.5. The van der Waals surface area contributed by atoms with E-state index in [0.29, 0.717) is 0 Å². The highest BCUT2D eigenvalue weighted by Gasteiger charge is 2.70. The number of hydrogen-bond acceptors (Lipinski definition) is 4.